The first-order chi connectivity index (χ1) is 11.4. The monoisotopic (exact) mass is 328 g/mol. The number of hydrogen-bond acceptors (Lipinski definition) is 3. The Morgan fingerprint density at radius 1 is 1.38 bits per heavy atom. The molecule has 1 heterocycles. The molecule has 0 saturated carbocycles. The Labute approximate surface area is 141 Å². The second-order valence-electron chi connectivity index (χ2n) is 5.79. The number of anilines is 1. The van der Waals surface area contributed by atoms with Crippen molar-refractivity contribution in [2.45, 2.75) is 46.6 Å². The van der Waals surface area contributed by atoms with Crippen molar-refractivity contribution in [2.75, 3.05) is 5.32 Å². The highest BCUT2D eigenvalue weighted by Crippen LogP contribution is 2.18. The van der Waals surface area contributed by atoms with E-state index in [9.17, 15) is 9.18 Å². The lowest BCUT2D eigenvalue weighted by molar-refractivity contribution is -0.116. The van der Waals surface area contributed by atoms with Gasteiger partial charge in [-0.1, -0.05) is 6.07 Å². The normalized spacial score (nSPS) is 10.5. The molecule has 2 rings (SSSR count). The maximum atomic E-state index is 13.3. The first-order valence-corrected chi connectivity index (χ1v) is 7.88. The number of carbonyl (C=O) groups is 1. The smallest absolute Gasteiger partial charge is 0.224 e. The zero-order valence-corrected chi connectivity index (χ0v) is 14.2. The molecule has 1 N–H and O–H groups in total. The van der Waals surface area contributed by atoms with Gasteiger partial charge >= 0.3 is 0 Å². The van der Waals surface area contributed by atoms with Crippen molar-refractivity contribution in [3.8, 4) is 6.07 Å². The summed E-state index contributed by atoms with van der Waals surface area (Å²) in [6.45, 7) is 6.22. The van der Waals surface area contributed by atoms with Crippen LogP contribution in [0.15, 0.2) is 18.2 Å². The van der Waals surface area contributed by atoms with Crippen LogP contribution >= 0.6 is 0 Å². The van der Waals surface area contributed by atoms with Crippen LogP contribution < -0.4 is 5.32 Å². The highest BCUT2D eigenvalue weighted by atomic mass is 19.1. The number of hydrogen-bond donors (Lipinski definition) is 1. The first-order valence-electron chi connectivity index (χ1n) is 7.88. The standard InChI is InChI=1S/C18H21FN4O/c1-12-5-6-15(19)11-17(12)21-18(24)8-7-16-13(2)22-23(14(16)3)10-4-9-20/h5-6,11H,4,7-8,10H2,1-3H3,(H,21,24). The fraction of sp³-hybridized carbons (Fsp3) is 0.389. The van der Waals surface area contributed by atoms with Gasteiger partial charge in [0.05, 0.1) is 24.7 Å². The Bertz CT molecular complexity index is 789. The summed E-state index contributed by atoms with van der Waals surface area (Å²) in [7, 11) is 0. The molecule has 0 fully saturated rings. The van der Waals surface area contributed by atoms with Gasteiger partial charge in [-0.2, -0.15) is 10.4 Å². The fourth-order valence-electron chi connectivity index (χ4n) is 2.65. The van der Waals surface area contributed by atoms with Crippen molar-refractivity contribution >= 4 is 11.6 Å². The molecule has 0 saturated heterocycles. The minimum atomic E-state index is -0.374. The van der Waals surface area contributed by atoms with Gasteiger partial charge in [0, 0.05) is 17.8 Å². The minimum Gasteiger partial charge on any atom is -0.326 e. The van der Waals surface area contributed by atoms with E-state index in [1.807, 2.05) is 25.5 Å². The zero-order valence-electron chi connectivity index (χ0n) is 14.2. The van der Waals surface area contributed by atoms with Crippen molar-refractivity contribution < 1.29 is 9.18 Å². The summed E-state index contributed by atoms with van der Waals surface area (Å²) in [6, 6.07) is 6.43. The van der Waals surface area contributed by atoms with Gasteiger partial charge in [0.15, 0.2) is 0 Å². The van der Waals surface area contributed by atoms with E-state index in [2.05, 4.69) is 16.5 Å². The van der Waals surface area contributed by atoms with E-state index < -0.39 is 0 Å². The summed E-state index contributed by atoms with van der Waals surface area (Å²) < 4.78 is 15.1. The lowest BCUT2D eigenvalue weighted by Gasteiger charge is -2.09. The van der Waals surface area contributed by atoms with E-state index in [4.69, 9.17) is 5.26 Å². The highest BCUT2D eigenvalue weighted by molar-refractivity contribution is 5.91. The molecule has 0 bridgehead atoms. The third-order valence-corrected chi connectivity index (χ3v) is 4.04. The fourth-order valence-corrected chi connectivity index (χ4v) is 2.65. The average molecular weight is 328 g/mol. The van der Waals surface area contributed by atoms with Crippen LogP contribution in [0.2, 0.25) is 0 Å². The van der Waals surface area contributed by atoms with E-state index in [1.165, 1.54) is 12.1 Å². The van der Waals surface area contributed by atoms with Crippen molar-refractivity contribution in [1.29, 1.82) is 5.26 Å². The summed E-state index contributed by atoms with van der Waals surface area (Å²) in [4.78, 5) is 12.1. The van der Waals surface area contributed by atoms with Crippen LogP contribution in [-0.4, -0.2) is 15.7 Å². The van der Waals surface area contributed by atoms with Crippen molar-refractivity contribution in [3.05, 3.63) is 46.5 Å². The van der Waals surface area contributed by atoms with Crippen LogP contribution in [0.3, 0.4) is 0 Å². The molecule has 126 valence electrons. The van der Waals surface area contributed by atoms with Gasteiger partial charge in [0.1, 0.15) is 5.82 Å². The third-order valence-electron chi connectivity index (χ3n) is 4.04. The van der Waals surface area contributed by atoms with E-state index in [0.29, 0.717) is 31.5 Å². The third kappa shape index (κ3) is 4.19. The summed E-state index contributed by atoms with van der Waals surface area (Å²) in [5.74, 6) is -0.534. The quantitative estimate of drug-likeness (QED) is 0.883. The van der Waals surface area contributed by atoms with Gasteiger partial charge in [0.25, 0.3) is 0 Å². The number of nitriles is 1. The van der Waals surface area contributed by atoms with Crippen LogP contribution in [0.1, 0.15) is 35.4 Å². The van der Waals surface area contributed by atoms with Gasteiger partial charge in [-0.15, -0.1) is 0 Å². The Kier molecular flexibility index (Phi) is 5.69. The molecule has 1 amide bonds. The van der Waals surface area contributed by atoms with E-state index in [0.717, 1.165) is 22.5 Å². The lowest BCUT2D eigenvalue weighted by atomic mass is 10.1. The summed E-state index contributed by atoms with van der Waals surface area (Å²) in [6.07, 6.45) is 1.26. The SMILES string of the molecule is Cc1ccc(F)cc1NC(=O)CCc1c(C)nn(CCC#N)c1C. The lowest BCUT2D eigenvalue weighted by Crippen LogP contribution is -2.13. The van der Waals surface area contributed by atoms with Crippen molar-refractivity contribution in [3.63, 3.8) is 0 Å². The molecule has 0 atom stereocenters. The molecule has 1 aromatic heterocycles. The van der Waals surface area contributed by atoms with Crippen molar-refractivity contribution in [2.24, 2.45) is 0 Å². The average Bonchev–Trinajstić information content (AvgIpc) is 2.81. The van der Waals surface area contributed by atoms with Gasteiger partial charge in [-0.05, 0) is 50.5 Å². The number of nitrogens with one attached hydrogen (secondary N) is 1. The molecular formula is C18H21FN4O. The van der Waals surface area contributed by atoms with Crippen LogP contribution in [0, 0.1) is 37.9 Å². The number of halogens is 1. The van der Waals surface area contributed by atoms with Crippen molar-refractivity contribution in [1.82, 2.24) is 9.78 Å². The first kappa shape index (κ1) is 17.7. The van der Waals surface area contributed by atoms with E-state index in [-0.39, 0.29) is 11.7 Å². The Morgan fingerprint density at radius 2 is 2.12 bits per heavy atom. The highest BCUT2D eigenvalue weighted by Gasteiger charge is 2.13. The van der Waals surface area contributed by atoms with Gasteiger partial charge in [-0.25, -0.2) is 4.39 Å². The Balaban J connectivity index is 2.00. The summed E-state index contributed by atoms with van der Waals surface area (Å²) in [5.41, 5.74) is 4.20. The zero-order chi connectivity index (χ0) is 17.7. The second-order valence-corrected chi connectivity index (χ2v) is 5.79. The minimum absolute atomic E-state index is 0.160. The molecule has 1 aromatic carbocycles. The molecule has 6 heteroatoms. The number of aryl methyl sites for hydroxylation is 3. The number of carbonyl (C=O) groups excluding carboxylic acids is 1. The summed E-state index contributed by atoms with van der Waals surface area (Å²) in [5, 5.41) is 15.9. The Hall–Kier alpha value is -2.68. The number of rotatable bonds is 6. The van der Waals surface area contributed by atoms with Crippen LogP contribution in [0.4, 0.5) is 10.1 Å². The van der Waals surface area contributed by atoms with Crippen LogP contribution in [0.25, 0.3) is 0 Å². The molecule has 24 heavy (non-hydrogen) atoms. The molecule has 0 aliphatic heterocycles. The van der Waals surface area contributed by atoms with Crippen LogP contribution in [0.5, 0.6) is 0 Å². The molecule has 0 radical (unpaired) electrons. The summed E-state index contributed by atoms with van der Waals surface area (Å²) >= 11 is 0. The molecule has 0 aliphatic carbocycles. The molecule has 0 aliphatic rings. The maximum Gasteiger partial charge on any atom is 0.224 e. The molecule has 0 unspecified atom stereocenters. The molecule has 2 aromatic rings. The number of amides is 1. The maximum absolute atomic E-state index is 13.3. The number of nitrogens with zero attached hydrogens (tertiary/aromatic N) is 3. The van der Waals surface area contributed by atoms with Gasteiger partial charge in [0.2, 0.25) is 5.91 Å². The Morgan fingerprint density at radius 3 is 2.83 bits per heavy atom. The van der Waals surface area contributed by atoms with Crippen LogP contribution in [-0.2, 0) is 17.8 Å². The molecular weight excluding hydrogens is 307 g/mol. The topological polar surface area (TPSA) is 70.7 Å². The largest absolute Gasteiger partial charge is 0.326 e. The molecule has 5 nitrogen and oxygen atoms in total. The predicted octanol–water partition coefficient (Wildman–Crippen LogP) is 3.43. The second kappa shape index (κ2) is 7.73. The molecule has 0 spiro atoms. The van der Waals surface area contributed by atoms with Gasteiger partial charge in [-0.3, -0.25) is 9.48 Å². The number of aromatic nitrogens is 2. The predicted molar refractivity (Wildman–Crippen MR) is 90.0 cm³/mol. The van der Waals surface area contributed by atoms with Gasteiger partial charge < -0.3 is 5.32 Å². The van der Waals surface area contributed by atoms with E-state index >= 15 is 0 Å². The number of benzene rings is 1. The van der Waals surface area contributed by atoms with E-state index in [1.54, 1.807) is 6.07 Å².